The van der Waals surface area contributed by atoms with Crippen molar-refractivity contribution in [1.29, 1.82) is 0 Å². The minimum atomic E-state index is -0.224. The predicted molar refractivity (Wildman–Crippen MR) is 96.2 cm³/mol. The monoisotopic (exact) mass is 344 g/mol. The van der Waals surface area contributed by atoms with E-state index in [1.54, 1.807) is 0 Å². The summed E-state index contributed by atoms with van der Waals surface area (Å²) >= 11 is 0. The molecule has 1 aromatic carbocycles. The zero-order valence-electron chi connectivity index (χ0n) is 15.2. The van der Waals surface area contributed by atoms with Crippen LogP contribution >= 0.6 is 0 Å². The normalized spacial score (nSPS) is 22.2. The zero-order valence-corrected chi connectivity index (χ0v) is 15.2. The van der Waals surface area contributed by atoms with Gasteiger partial charge in [-0.1, -0.05) is 25.0 Å². The molecular weight excluding hydrogens is 316 g/mol. The lowest BCUT2D eigenvalue weighted by molar-refractivity contribution is -0.130. The summed E-state index contributed by atoms with van der Waals surface area (Å²) in [4.78, 5) is 26.8. The third-order valence-corrected chi connectivity index (χ3v) is 5.34. The van der Waals surface area contributed by atoms with Crippen molar-refractivity contribution in [2.45, 2.75) is 58.0 Å². The molecule has 1 saturated heterocycles. The molecule has 2 amide bonds. The van der Waals surface area contributed by atoms with Gasteiger partial charge in [0, 0.05) is 19.0 Å². The van der Waals surface area contributed by atoms with Gasteiger partial charge < -0.3 is 15.0 Å². The number of amides is 2. The van der Waals surface area contributed by atoms with Gasteiger partial charge in [0.15, 0.2) is 0 Å². The van der Waals surface area contributed by atoms with Crippen LogP contribution in [0.25, 0.3) is 0 Å². The fourth-order valence-corrected chi connectivity index (χ4v) is 3.91. The van der Waals surface area contributed by atoms with E-state index < -0.39 is 0 Å². The Morgan fingerprint density at radius 2 is 1.96 bits per heavy atom. The number of benzene rings is 1. The van der Waals surface area contributed by atoms with Gasteiger partial charge in [-0.3, -0.25) is 9.59 Å². The van der Waals surface area contributed by atoms with Gasteiger partial charge in [0.25, 0.3) is 0 Å². The molecule has 1 aliphatic carbocycles. The number of likely N-dealkylation sites (tertiary alicyclic amines) is 1. The van der Waals surface area contributed by atoms with Crippen molar-refractivity contribution in [1.82, 2.24) is 10.2 Å². The summed E-state index contributed by atoms with van der Waals surface area (Å²) in [6.45, 7) is 5.14. The Bertz CT molecular complexity index is 608. The highest BCUT2D eigenvalue weighted by Gasteiger charge is 2.38. The molecule has 1 aliphatic heterocycles. The maximum atomic E-state index is 12.6. The number of hydrogen-bond acceptors (Lipinski definition) is 3. The Hall–Kier alpha value is -2.04. The van der Waals surface area contributed by atoms with Crippen molar-refractivity contribution < 1.29 is 14.3 Å². The first-order valence-electron chi connectivity index (χ1n) is 9.41. The highest BCUT2D eigenvalue weighted by molar-refractivity contribution is 5.89. The minimum absolute atomic E-state index is 0.0183. The molecule has 0 bridgehead atoms. The van der Waals surface area contributed by atoms with Gasteiger partial charge in [0.2, 0.25) is 11.8 Å². The van der Waals surface area contributed by atoms with Crippen molar-refractivity contribution in [2.75, 3.05) is 13.2 Å². The third kappa shape index (κ3) is 4.14. The summed E-state index contributed by atoms with van der Waals surface area (Å²) in [5.74, 6) is 0.729. The maximum absolute atomic E-state index is 12.6. The molecule has 2 fully saturated rings. The summed E-state index contributed by atoms with van der Waals surface area (Å²) in [6.07, 6.45) is 4.91. The molecule has 1 heterocycles. The van der Waals surface area contributed by atoms with Crippen LogP contribution in [0, 0.1) is 5.92 Å². The van der Waals surface area contributed by atoms with Gasteiger partial charge in [-0.15, -0.1) is 0 Å². The number of nitrogens with one attached hydrogen (secondary N) is 1. The maximum Gasteiger partial charge on any atom is 0.225 e. The van der Waals surface area contributed by atoms with E-state index in [0.717, 1.165) is 24.2 Å². The molecule has 2 atom stereocenters. The second kappa shape index (κ2) is 7.89. The van der Waals surface area contributed by atoms with Gasteiger partial charge >= 0.3 is 0 Å². The molecule has 5 nitrogen and oxygen atoms in total. The highest BCUT2D eigenvalue weighted by atomic mass is 16.5. The molecule has 5 heteroatoms. The number of carbonyl (C=O) groups is 2. The predicted octanol–water partition coefficient (Wildman–Crippen LogP) is 3.05. The first-order chi connectivity index (χ1) is 12.1. The number of nitrogens with zero attached hydrogens (tertiary/aromatic N) is 1. The summed E-state index contributed by atoms with van der Waals surface area (Å²) in [7, 11) is 0. The Kier molecular flexibility index (Phi) is 5.61. The van der Waals surface area contributed by atoms with E-state index in [1.807, 2.05) is 43.0 Å². The van der Waals surface area contributed by atoms with Crippen molar-refractivity contribution in [3.63, 3.8) is 0 Å². The quantitative estimate of drug-likeness (QED) is 0.863. The van der Waals surface area contributed by atoms with Crippen LogP contribution in [0.4, 0.5) is 0 Å². The smallest absolute Gasteiger partial charge is 0.225 e. The van der Waals surface area contributed by atoms with Crippen LogP contribution in [0.1, 0.15) is 57.6 Å². The molecule has 1 N–H and O–H groups in total. The van der Waals surface area contributed by atoms with E-state index in [9.17, 15) is 9.59 Å². The van der Waals surface area contributed by atoms with E-state index in [0.29, 0.717) is 25.6 Å². The molecule has 1 saturated carbocycles. The van der Waals surface area contributed by atoms with Gasteiger partial charge in [0.05, 0.1) is 18.6 Å². The van der Waals surface area contributed by atoms with Crippen LogP contribution in [-0.4, -0.2) is 35.9 Å². The van der Waals surface area contributed by atoms with Crippen LogP contribution < -0.4 is 10.1 Å². The Morgan fingerprint density at radius 1 is 1.28 bits per heavy atom. The van der Waals surface area contributed by atoms with Gasteiger partial charge in [-0.25, -0.2) is 0 Å². The number of hydrogen-bond donors (Lipinski definition) is 1. The van der Waals surface area contributed by atoms with E-state index in [1.165, 1.54) is 12.8 Å². The number of ether oxygens (including phenoxy) is 1. The molecule has 0 unspecified atom stereocenters. The van der Waals surface area contributed by atoms with E-state index in [4.69, 9.17) is 4.74 Å². The largest absolute Gasteiger partial charge is 0.494 e. The van der Waals surface area contributed by atoms with Crippen molar-refractivity contribution >= 4 is 11.8 Å². The lowest BCUT2D eigenvalue weighted by Crippen LogP contribution is -2.37. The molecular formula is C20H28N2O3. The second-order valence-electron chi connectivity index (χ2n) is 7.12. The molecule has 0 aromatic heterocycles. The van der Waals surface area contributed by atoms with E-state index in [2.05, 4.69) is 5.32 Å². The average molecular weight is 344 g/mol. The van der Waals surface area contributed by atoms with Crippen LogP contribution in [0.5, 0.6) is 5.75 Å². The first-order valence-corrected chi connectivity index (χ1v) is 9.41. The highest BCUT2D eigenvalue weighted by Crippen LogP contribution is 2.30. The lowest BCUT2D eigenvalue weighted by atomic mass is 10.0. The zero-order chi connectivity index (χ0) is 17.8. The number of rotatable bonds is 6. The molecule has 0 spiro atoms. The van der Waals surface area contributed by atoms with Gasteiger partial charge in [-0.2, -0.15) is 0 Å². The molecule has 25 heavy (non-hydrogen) atoms. The lowest BCUT2D eigenvalue weighted by Gasteiger charge is -2.24. The molecule has 0 radical (unpaired) electrons. The summed E-state index contributed by atoms with van der Waals surface area (Å²) in [5.41, 5.74) is 1.04. The Balaban J connectivity index is 1.55. The van der Waals surface area contributed by atoms with Crippen LogP contribution in [-0.2, 0) is 9.59 Å². The average Bonchev–Trinajstić information content (AvgIpc) is 3.25. The standard InChI is InChI=1S/C20H28N2O3/c1-3-25-18-10-8-15(9-11-18)14(2)21-20(24)16-12-19(23)22(13-16)17-6-4-5-7-17/h8-11,14,16-17H,3-7,12-13H2,1-2H3,(H,21,24)/t14-,16-/m0/s1. The van der Waals surface area contributed by atoms with Gasteiger partial charge in [-0.05, 0) is 44.4 Å². The summed E-state index contributed by atoms with van der Waals surface area (Å²) in [6, 6.07) is 8.05. The second-order valence-corrected chi connectivity index (χ2v) is 7.12. The van der Waals surface area contributed by atoms with Crippen LogP contribution in [0.2, 0.25) is 0 Å². The van der Waals surface area contributed by atoms with Crippen molar-refractivity contribution in [3.05, 3.63) is 29.8 Å². The third-order valence-electron chi connectivity index (χ3n) is 5.34. The topological polar surface area (TPSA) is 58.6 Å². The number of carbonyl (C=O) groups excluding carboxylic acids is 2. The Labute approximate surface area is 149 Å². The van der Waals surface area contributed by atoms with E-state index >= 15 is 0 Å². The Morgan fingerprint density at radius 3 is 2.60 bits per heavy atom. The SMILES string of the molecule is CCOc1ccc([C@H](C)NC(=O)[C@H]2CC(=O)N(C3CCCC3)C2)cc1. The summed E-state index contributed by atoms with van der Waals surface area (Å²) < 4.78 is 5.44. The van der Waals surface area contributed by atoms with Crippen molar-refractivity contribution in [3.8, 4) is 5.75 Å². The van der Waals surface area contributed by atoms with Gasteiger partial charge in [0.1, 0.15) is 5.75 Å². The molecule has 136 valence electrons. The summed E-state index contributed by atoms with van der Waals surface area (Å²) in [5, 5.41) is 3.06. The fraction of sp³-hybridized carbons (Fsp3) is 0.600. The fourth-order valence-electron chi connectivity index (χ4n) is 3.91. The molecule has 2 aliphatic rings. The minimum Gasteiger partial charge on any atom is -0.494 e. The molecule has 1 aromatic rings. The molecule has 3 rings (SSSR count). The van der Waals surface area contributed by atoms with Crippen molar-refractivity contribution in [2.24, 2.45) is 5.92 Å². The van der Waals surface area contributed by atoms with E-state index in [-0.39, 0.29) is 23.8 Å². The van der Waals surface area contributed by atoms with Crippen LogP contribution in [0.15, 0.2) is 24.3 Å². The first kappa shape index (κ1) is 17.8. The van der Waals surface area contributed by atoms with Crippen LogP contribution in [0.3, 0.4) is 0 Å².